The highest BCUT2D eigenvalue weighted by atomic mass is 16.5. The van der Waals surface area contributed by atoms with Gasteiger partial charge in [-0.15, -0.1) is 0 Å². The summed E-state index contributed by atoms with van der Waals surface area (Å²) in [6, 6.07) is 6.48. The zero-order chi connectivity index (χ0) is 19.6. The van der Waals surface area contributed by atoms with Crippen LogP contribution in [0.4, 0.5) is 0 Å². The lowest BCUT2D eigenvalue weighted by atomic mass is 10.0. The summed E-state index contributed by atoms with van der Waals surface area (Å²) in [5, 5.41) is 2.97. The summed E-state index contributed by atoms with van der Waals surface area (Å²) in [6.07, 6.45) is 1.36. The minimum Gasteiger partial charge on any atom is -0.427 e. The fraction of sp³-hybridized carbons (Fsp3) is 0.526. The average Bonchev–Trinajstić information content (AvgIpc) is 2.65. The number of hydrogen-bond donors (Lipinski definition) is 1. The SMILES string of the molecule is COCCOCC(=O)N1CCC(NC(=O)c2cccc(OC(C)=O)c2)CC1. The number of nitrogens with one attached hydrogen (secondary N) is 1. The predicted molar refractivity (Wildman–Crippen MR) is 97.5 cm³/mol. The number of benzene rings is 1. The molecule has 0 spiro atoms. The second-order valence-electron chi connectivity index (χ2n) is 6.30. The minimum atomic E-state index is -0.434. The molecule has 1 saturated heterocycles. The topological polar surface area (TPSA) is 94.2 Å². The molecule has 1 heterocycles. The van der Waals surface area contributed by atoms with Crippen molar-refractivity contribution in [2.45, 2.75) is 25.8 Å². The highest BCUT2D eigenvalue weighted by Gasteiger charge is 2.24. The molecule has 1 aromatic rings. The van der Waals surface area contributed by atoms with Crippen LogP contribution in [-0.2, 0) is 19.1 Å². The largest absolute Gasteiger partial charge is 0.427 e. The molecule has 2 rings (SSSR count). The van der Waals surface area contributed by atoms with E-state index >= 15 is 0 Å². The van der Waals surface area contributed by atoms with Crippen LogP contribution in [0.1, 0.15) is 30.1 Å². The fourth-order valence-corrected chi connectivity index (χ4v) is 2.80. The van der Waals surface area contributed by atoms with Gasteiger partial charge in [0.25, 0.3) is 5.91 Å². The molecule has 0 aliphatic carbocycles. The van der Waals surface area contributed by atoms with Crippen LogP contribution in [0.5, 0.6) is 5.75 Å². The Morgan fingerprint density at radius 1 is 1.19 bits per heavy atom. The summed E-state index contributed by atoms with van der Waals surface area (Å²) < 4.78 is 15.1. The molecule has 27 heavy (non-hydrogen) atoms. The zero-order valence-electron chi connectivity index (χ0n) is 15.7. The number of methoxy groups -OCH3 is 1. The van der Waals surface area contributed by atoms with E-state index in [1.165, 1.54) is 13.0 Å². The molecular weight excluding hydrogens is 352 g/mol. The quantitative estimate of drug-likeness (QED) is 0.412. The van der Waals surface area contributed by atoms with E-state index in [1.807, 2.05) is 0 Å². The Balaban J connectivity index is 1.77. The van der Waals surface area contributed by atoms with Gasteiger partial charge in [0.1, 0.15) is 12.4 Å². The standard InChI is InChI=1S/C19H26N2O6/c1-14(22)27-17-5-3-4-15(12-17)19(24)20-16-6-8-21(9-7-16)18(23)13-26-11-10-25-2/h3-5,12,16H,6-11,13H2,1-2H3,(H,20,24). The molecule has 0 saturated carbocycles. The Bertz CT molecular complexity index is 655. The predicted octanol–water partition coefficient (Wildman–Crippen LogP) is 0.996. The number of piperidine rings is 1. The third-order valence-electron chi connectivity index (χ3n) is 4.20. The molecule has 8 nitrogen and oxygen atoms in total. The van der Waals surface area contributed by atoms with Crippen LogP contribution < -0.4 is 10.1 Å². The first kappa shape index (κ1) is 20.9. The molecule has 1 N–H and O–H groups in total. The number of nitrogens with zero attached hydrogens (tertiary/aromatic N) is 1. The average molecular weight is 378 g/mol. The van der Waals surface area contributed by atoms with Crippen LogP contribution in [0.25, 0.3) is 0 Å². The van der Waals surface area contributed by atoms with Crippen molar-refractivity contribution < 1.29 is 28.6 Å². The first-order chi connectivity index (χ1) is 13.0. The Morgan fingerprint density at radius 3 is 2.59 bits per heavy atom. The molecule has 0 unspecified atom stereocenters. The lowest BCUT2D eigenvalue weighted by molar-refractivity contribution is -0.137. The third kappa shape index (κ3) is 6.99. The van der Waals surface area contributed by atoms with Crippen molar-refractivity contribution in [3.63, 3.8) is 0 Å². The Morgan fingerprint density at radius 2 is 1.93 bits per heavy atom. The van der Waals surface area contributed by atoms with Gasteiger partial charge >= 0.3 is 5.97 Å². The smallest absolute Gasteiger partial charge is 0.308 e. The maximum atomic E-state index is 12.4. The van der Waals surface area contributed by atoms with E-state index in [0.29, 0.717) is 50.5 Å². The minimum absolute atomic E-state index is 0.00617. The van der Waals surface area contributed by atoms with E-state index in [0.717, 1.165) is 0 Å². The summed E-state index contributed by atoms with van der Waals surface area (Å²) in [5.74, 6) is -0.374. The second kappa shape index (κ2) is 10.6. The second-order valence-corrected chi connectivity index (χ2v) is 6.30. The van der Waals surface area contributed by atoms with Gasteiger partial charge in [0, 0.05) is 38.7 Å². The van der Waals surface area contributed by atoms with E-state index in [4.69, 9.17) is 14.2 Å². The molecule has 1 aromatic carbocycles. The van der Waals surface area contributed by atoms with Crippen molar-refractivity contribution in [3.05, 3.63) is 29.8 Å². The Labute approximate surface area is 158 Å². The van der Waals surface area contributed by atoms with Crippen LogP contribution in [0.2, 0.25) is 0 Å². The molecule has 148 valence electrons. The number of likely N-dealkylation sites (tertiary alicyclic amines) is 1. The van der Waals surface area contributed by atoms with Gasteiger partial charge in [-0.05, 0) is 31.0 Å². The normalized spacial score (nSPS) is 14.7. The zero-order valence-corrected chi connectivity index (χ0v) is 15.7. The number of rotatable bonds is 8. The van der Waals surface area contributed by atoms with Gasteiger partial charge in [-0.3, -0.25) is 14.4 Å². The highest BCUT2D eigenvalue weighted by Crippen LogP contribution is 2.15. The summed E-state index contributed by atoms with van der Waals surface area (Å²) in [7, 11) is 1.58. The maximum Gasteiger partial charge on any atom is 0.308 e. The van der Waals surface area contributed by atoms with Crippen LogP contribution >= 0.6 is 0 Å². The van der Waals surface area contributed by atoms with Crippen molar-refractivity contribution in [2.24, 2.45) is 0 Å². The Kier molecular flexibility index (Phi) is 8.22. The lowest BCUT2D eigenvalue weighted by Gasteiger charge is -2.32. The lowest BCUT2D eigenvalue weighted by Crippen LogP contribution is -2.47. The van der Waals surface area contributed by atoms with Crippen molar-refractivity contribution in [2.75, 3.05) is 40.0 Å². The van der Waals surface area contributed by atoms with Gasteiger partial charge in [0.15, 0.2) is 0 Å². The molecule has 0 radical (unpaired) electrons. The highest BCUT2D eigenvalue weighted by molar-refractivity contribution is 5.95. The molecule has 2 amide bonds. The summed E-state index contributed by atoms with van der Waals surface area (Å²) in [6.45, 7) is 3.35. The van der Waals surface area contributed by atoms with Crippen LogP contribution in [0.3, 0.4) is 0 Å². The molecule has 0 aromatic heterocycles. The first-order valence-corrected chi connectivity index (χ1v) is 8.93. The summed E-state index contributed by atoms with van der Waals surface area (Å²) in [4.78, 5) is 37.2. The molecule has 1 aliphatic heterocycles. The molecule has 1 fully saturated rings. The number of hydrogen-bond acceptors (Lipinski definition) is 6. The maximum absolute atomic E-state index is 12.4. The Hall–Kier alpha value is -2.45. The van der Waals surface area contributed by atoms with E-state index in [1.54, 1.807) is 30.2 Å². The van der Waals surface area contributed by atoms with Crippen molar-refractivity contribution in [3.8, 4) is 5.75 Å². The number of carbonyl (C=O) groups excluding carboxylic acids is 3. The van der Waals surface area contributed by atoms with Gasteiger partial charge in [0.2, 0.25) is 5.91 Å². The van der Waals surface area contributed by atoms with E-state index in [-0.39, 0.29) is 24.5 Å². The van der Waals surface area contributed by atoms with Crippen molar-refractivity contribution >= 4 is 17.8 Å². The van der Waals surface area contributed by atoms with Gasteiger partial charge in [-0.2, -0.15) is 0 Å². The third-order valence-corrected chi connectivity index (χ3v) is 4.20. The monoisotopic (exact) mass is 378 g/mol. The van der Waals surface area contributed by atoms with Crippen LogP contribution in [0.15, 0.2) is 24.3 Å². The number of ether oxygens (including phenoxy) is 3. The van der Waals surface area contributed by atoms with Gasteiger partial charge in [-0.1, -0.05) is 6.07 Å². The van der Waals surface area contributed by atoms with Crippen molar-refractivity contribution in [1.82, 2.24) is 10.2 Å². The van der Waals surface area contributed by atoms with Crippen LogP contribution in [0, 0.1) is 0 Å². The summed E-state index contributed by atoms with van der Waals surface area (Å²) >= 11 is 0. The summed E-state index contributed by atoms with van der Waals surface area (Å²) in [5.41, 5.74) is 0.429. The molecule has 0 bridgehead atoms. The van der Waals surface area contributed by atoms with Gasteiger partial charge in [-0.25, -0.2) is 0 Å². The van der Waals surface area contributed by atoms with E-state index in [2.05, 4.69) is 5.32 Å². The van der Waals surface area contributed by atoms with Gasteiger partial charge in [0.05, 0.1) is 13.2 Å². The molecule has 0 atom stereocenters. The van der Waals surface area contributed by atoms with Crippen LogP contribution in [-0.4, -0.2) is 68.7 Å². The molecular formula is C19H26N2O6. The first-order valence-electron chi connectivity index (χ1n) is 8.93. The van der Waals surface area contributed by atoms with Crippen molar-refractivity contribution in [1.29, 1.82) is 0 Å². The van der Waals surface area contributed by atoms with Gasteiger partial charge < -0.3 is 24.4 Å². The number of amides is 2. The molecule has 1 aliphatic rings. The number of esters is 1. The van der Waals surface area contributed by atoms with E-state index in [9.17, 15) is 14.4 Å². The number of carbonyl (C=O) groups is 3. The molecule has 8 heteroatoms. The fourth-order valence-electron chi connectivity index (χ4n) is 2.80. The van der Waals surface area contributed by atoms with E-state index < -0.39 is 5.97 Å².